The minimum absolute atomic E-state index is 0.125. The van der Waals surface area contributed by atoms with Gasteiger partial charge in [0.25, 0.3) is 0 Å². The second kappa shape index (κ2) is 11.6. The molecular weight excluding hydrogens is 586 g/mol. The van der Waals surface area contributed by atoms with Gasteiger partial charge in [0, 0.05) is 45.3 Å². The third-order valence-electron chi connectivity index (χ3n) is 8.96. The van der Waals surface area contributed by atoms with Crippen molar-refractivity contribution in [1.29, 1.82) is 0 Å². The number of allylic oxidation sites excluding steroid dienone is 4. The van der Waals surface area contributed by atoms with E-state index in [-0.39, 0.29) is 11.6 Å². The van der Waals surface area contributed by atoms with Gasteiger partial charge < -0.3 is 14.2 Å². The molecule has 0 saturated heterocycles. The largest absolute Gasteiger partial charge is 0.454 e. The van der Waals surface area contributed by atoms with Gasteiger partial charge in [0.2, 0.25) is 0 Å². The topological polar surface area (TPSA) is 19.6 Å². The van der Waals surface area contributed by atoms with Crippen LogP contribution >= 0.6 is 0 Å². The highest BCUT2D eigenvalue weighted by atomic mass is 19.1. The molecule has 1 aliphatic rings. The van der Waals surface area contributed by atoms with E-state index in [1.807, 2.05) is 42.5 Å². The van der Waals surface area contributed by atoms with Crippen molar-refractivity contribution in [1.82, 2.24) is 0 Å². The molecule has 0 atom stereocenters. The zero-order valence-corrected chi connectivity index (χ0v) is 26.2. The fourth-order valence-electron chi connectivity index (χ4n) is 6.67. The molecule has 0 radical (unpaired) electrons. The number of hydrogen-bond donors (Lipinski definition) is 0. The molecule has 1 aromatic heterocycles. The Morgan fingerprint density at radius 3 is 1.66 bits per heavy atom. The lowest BCUT2D eigenvalue weighted by molar-refractivity contribution is 0.580. The van der Waals surface area contributed by atoms with Crippen molar-refractivity contribution in [3.05, 3.63) is 162 Å². The number of halogens is 2. The molecule has 3 nitrogen and oxygen atoms in total. The van der Waals surface area contributed by atoms with Crippen molar-refractivity contribution >= 4 is 61.1 Å². The summed E-state index contributed by atoms with van der Waals surface area (Å²) in [6.07, 6.45) is 4.32. The third kappa shape index (κ3) is 5.05. The van der Waals surface area contributed by atoms with Gasteiger partial charge >= 0.3 is 0 Å². The summed E-state index contributed by atoms with van der Waals surface area (Å²) in [5.41, 5.74) is 9.31. The average Bonchev–Trinajstić information content (AvgIpc) is 3.48. The van der Waals surface area contributed by atoms with Crippen molar-refractivity contribution in [2.75, 3.05) is 9.80 Å². The van der Waals surface area contributed by atoms with Crippen molar-refractivity contribution in [3.8, 4) is 0 Å². The fourth-order valence-corrected chi connectivity index (χ4v) is 6.67. The maximum atomic E-state index is 14.4. The van der Waals surface area contributed by atoms with Gasteiger partial charge in [0.05, 0.1) is 16.8 Å². The summed E-state index contributed by atoms with van der Waals surface area (Å²) >= 11 is 0. The van der Waals surface area contributed by atoms with E-state index >= 15 is 0 Å². The predicted octanol–water partition coefficient (Wildman–Crippen LogP) is 12.6. The van der Waals surface area contributed by atoms with Crippen LogP contribution in [0.3, 0.4) is 0 Å². The summed E-state index contributed by atoms with van der Waals surface area (Å²) in [6.45, 7) is 4.14. The highest BCUT2D eigenvalue weighted by Gasteiger charge is 2.30. The standard InChI is InChI=1S/C42H32F2N2O/c1-27-11-19-31(20-12-27)45(33-23-15-29(43)16-24-33)40-35-7-3-4-8-36(35)41(42-39(40)37-9-5-6-10-38(37)47-42)46(32-21-13-28(2)14-22-32)34-25-17-30(44)18-26-34/h3-17,19-25H,18,26H2,1-2H3. The van der Waals surface area contributed by atoms with Crippen LogP contribution in [0.5, 0.6) is 0 Å². The lowest BCUT2D eigenvalue weighted by Crippen LogP contribution is -2.19. The first-order chi connectivity index (χ1) is 23.0. The van der Waals surface area contributed by atoms with Crippen LogP contribution in [0.25, 0.3) is 32.7 Å². The molecule has 1 aliphatic carbocycles. The lowest BCUT2D eigenvalue weighted by atomic mass is 9.97. The van der Waals surface area contributed by atoms with E-state index < -0.39 is 0 Å². The van der Waals surface area contributed by atoms with Crippen LogP contribution in [-0.2, 0) is 0 Å². The van der Waals surface area contributed by atoms with Gasteiger partial charge in [0.1, 0.15) is 17.2 Å². The lowest BCUT2D eigenvalue weighted by Gasteiger charge is -2.33. The van der Waals surface area contributed by atoms with E-state index in [0.717, 1.165) is 78.0 Å². The van der Waals surface area contributed by atoms with Crippen molar-refractivity contribution in [2.24, 2.45) is 0 Å². The quantitative estimate of drug-likeness (QED) is 0.173. The van der Waals surface area contributed by atoms with Gasteiger partial charge in [0.15, 0.2) is 5.58 Å². The van der Waals surface area contributed by atoms with Gasteiger partial charge in [-0.05, 0) is 87.0 Å². The molecule has 0 amide bonds. The molecule has 0 aliphatic heterocycles. The van der Waals surface area contributed by atoms with E-state index in [0.29, 0.717) is 12.8 Å². The van der Waals surface area contributed by atoms with Gasteiger partial charge in [-0.15, -0.1) is 0 Å². The number of furan rings is 1. The fraction of sp³-hybridized carbons (Fsp3) is 0.0952. The van der Waals surface area contributed by atoms with Crippen LogP contribution in [0.1, 0.15) is 24.0 Å². The van der Waals surface area contributed by atoms with Crippen LogP contribution in [0.2, 0.25) is 0 Å². The van der Waals surface area contributed by atoms with Gasteiger partial charge in [-0.2, -0.15) is 0 Å². The van der Waals surface area contributed by atoms with Crippen molar-refractivity contribution < 1.29 is 13.2 Å². The molecule has 7 aromatic rings. The molecule has 47 heavy (non-hydrogen) atoms. The zero-order valence-electron chi connectivity index (χ0n) is 26.2. The number of fused-ring (bicyclic) bond motifs is 4. The molecule has 0 fully saturated rings. The molecule has 5 heteroatoms. The van der Waals surface area contributed by atoms with Crippen LogP contribution in [0.4, 0.5) is 37.2 Å². The van der Waals surface area contributed by atoms with E-state index in [2.05, 4.69) is 96.4 Å². The minimum Gasteiger partial charge on any atom is -0.454 e. The van der Waals surface area contributed by atoms with Gasteiger partial charge in [-0.3, -0.25) is 0 Å². The summed E-state index contributed by atoms with van der Waals surface area (Å²) in [4.78, 5) is 4.43. The number of aryl methyl sites for hydroxylation is 2. The first-order valence-electron chi connectivity index (χ1n) is 15.9. The molecule has 230 valence electrons. The number of hydrogen-bond acceptors (Lipinski definition) is 3. The maximum absolute atomic E-state index is 14.4. The maximum Gasteiger partial charge on any atom is 0.162 e. The Hall–Kier alpha value is -5.68. The summed E-state index contributed by atoms with van der Waals surface area (Å²) in [7, 11) is 0. The van der Waals surface area contributed by atoms with Gasteiger partial charge in [-0.25, -0.2) is 8.78 Å². The van der Waals surface area contributed by atoms with E-state index in [1.54, 1.807) is 6.08 Å². The van der Waals surface area contributed by atoms with Crippen LogP contribution in [0, 0.1) is 19.7 Å². The number of nitrogens with zero attached hydrogens (tertiary/aromatic N) is 2. The Kier molecular flexibility index (Phi) is 7.10. The average molecular weight is 619 g/mol. The van der Waals surface area contributed by atoms with E-state index in [4.69, 9.17) is 4.42 Å². The number of anilines is 5. The molecule has 8 rings (SSSR count). The minimum atomic E-state index is -0.295. The zero-order chi connectivity index (χ0) is 32.1. The SMILES string of the molecule is Cc1ccc(N(C2=CC=C(F)CC2)c2c3ccccc3c(N(c3ccc(C)cc3)c3ccc(F)cc3)c3c2oc2ccccc23)cc1. The van der Waals surface area contributed by atoms with Crippen molar-refractivity contribution in [3.63, 3.8) is 0 Å². The molecule has 0 unspecified atom stereocenters. The number of benzene rings is 6. The molecule has 1 heterocycles. The second-order valence-electron chi connectivity index (χ2n) is 12.1. The molecule has 6 aromatic carbocycles. The van der Waals surface area contributed by atoms with Crippen LogP contribution in [0.15, 0.2) is 149 Å². The Morgan fingerprint density at radius 1 is 0.532 bits per heavy atom. The van der Waals surface area contributed by atoms with Crippen molar-refractivity contribution in [2.45, 2.75) is 26.7 Å². The molecule has 0 saturated carbocycles. The molecular formula is C42H32F2N2O. The molecule has 0 bridgehead atoms. The second-order valence-corrected chi connectivity index (χ2v) is 12.1. The summed E-state index contributed by atoms with van der Waals surface area (Å²) in [5, 5.41) is 3.89. The normalized spacial score (nSPS) is 13.2. The Bertz CT molecular complexity index is 2290. The number of para-hydroxylation sites is 1. The third-order valence-corrected chi connectivity index (χ3v) is 8.96. The van der Waals surface area contributed by atoms with E-state index in [1.165, 1.54) is 12.1 Å². The predicted molar refractivity (Wildman–Crippen MR) is 190 cm³/mol. The smallest absolute Gasteiger partial charge is 0.162 e. The Labute approximate surface area is 272 Å². The highest BCUT2D eigenvalue weighted by molar-refractivity contribution is 6.27. The van der Waals surface area contributed by atoms with Gasteiger partial charge in [-0.1, -0.05) is 77.9 Å². The number of rotatable bonds is 6. The monoisotopic (exact) mass is 618 g/mol. The molecule has 0 N–H and O–H groups in total. The first-order valence-corrected chi connectivity index (χ1v) is 15.9. The highest BCUT2D eigenvalue weighted by Crippen LogP contribution is 2.53. The van der Waals surface area contributed by atoms with Crippen LogP contribution < -0.4 is 9.80 Å². The van der Waals surface area contributed by atoms with Crippen LogP contribution in [-0.4, -0.2) is 0 Å². The summed E-state index contributed by atoms with van der Waals surface area (Å²) < 4.78 is 35.6. The molecule has 0 spiro atoms. The Morgan fingerprint density at radius 2 is 1.06 bits per heavy atom. The first kappa shape index (κ1) is 28.8. The summed E-state index contributed by atoms with van der Waals surface area (Å²) in [5.74, 6) is -0.420. The van der Waals surface area contributed by atoms with E-state index in [9.17, 15) is 8.78 Å². The Balaban J connectivity index is 1.54. The summed E-state index contributed by atoms with van der Waals surface area (Å²) in [6, 6.07) is 39.9.